The van der Waals surface area contributed by atoms with Gasteiger partial charge in [0.05, 0.1) is 17.1 Å². The number of furan rings is 1. The monoisotopic (exact) mass is 593 g/mol. The Morgan fingerprint density at radius 1 is 0.950 bits per heavy atom. The summed E-state index contributed by atoms with van der Waals surface area (Å²) in [5, 5.41) is 5.95. The Bertz CT molecular complexity index is 1960. The molecular formula is C31H20BrN3O5. The Kier molecular flexibility index (Phi) is 6.05. The fourth-order valence-corrected chi connectivity index (χ4v) is 4.92. The van der Waals surface area contributed by atoms with Crippen LogP contribution in [0.25, 0.3) is 33.5 Å². The van der Waals surface area contributed by atoms with Gasteiger partial charge in [0.2, 0.25) is 12.6 Å². The number of fused-ring (bicyclic) bond motifs is 3. The first-order chi connectivity index (χ1) is 19.6. The predicted octanol–water partition coefficient (Wildman–Crippen LogP) is 6.76. The molecule has 0 saturated heterocycles. The minimum atomic E-state index is -0.310. The van der Waals surface area contributed by atoms with Crippen LogP contribution in [0.2, 0.25) is 0 Å². The lowest BCUT2D eigenvalue weighted by molar-refractivity contribution is 0.174. The van der Waals surface area contributed by atoms with Crippen LogP contribution in [0.3, 0.4) is 0 Å². The largest absolute Gasteiger partial charge is 0.488 e. The Morgan fingerprint density at radius 3 is 2.73 bits per heavy atom. The Morgan fingerprint density at radius 2 is 1.80 bits per heavy atom. The van der Waals surface area contributed by atoms with Crippen molar-refractivity contribution in [3.63, 3.8) is 0 Å². The van der Waals surface area contributed by atoms with Crippen LogP contribution in [-0.2, 0) is 6.61 Å². The van der Waals surface area contributed by atoms with Crippen LogP contribution in [-0.4, -0.2) is 22.7 Å². The van der Waals surface area contributed by atoms with E-state index < -0.39 is 0 Å². The molecule has 3 heterocycles. The molecule has 9 heteroatoms. The second-order valence-corrected chi connectivity index (χ2v) is 10.0. The maximum atomic E-state index is 13.6. The average molecular weight is 594 g/mol. The van der Waals surface area contributed by atoms with E-state index in [0.29, 0.717) is 51.7 Å². The fourth-order valence-electron chi connectivity index (χ4n) is 4.55. The molecule has 8 nitrogen and oxygen atoms in total. The van der Waals surface area contributed by atoms with Crippen molar-refractivity contribution < 1.29 is 18.6 Å². The highest BCUT2D eigenvalue weighted by Crippen LogP contribution is 2.33. The standard InChI is InChI=1S/C31H20BrN3O5/c32-22-10-12-25(37-17-19-9-11-27-28(13-19)39-18-38-27)21(14-22)16-33-35-30(29-15-20-5-1-4-8-26(20)40-29)34-24-7-3-2-6-23(24)31(35)36/h1-16H,17-18H2. The molecule has 0 saturated carbocycles. The molecule has 0 unspecified atom stereocenters. The third-order valence-electron chi connectivity index (χ3n) is 6.52. The van der Waals surface area contributed by atoms with Gasteiger partial charge in [-0.15, -0.1) is 0 Å². The second-order valence-electron chi connectivity index (χ2n) is 9.12. The molecule has 6 aromatic rings. The van der Waals surface area contributed by atoms with Crippen LogP contribution >= 0.6 is 15.9 Å². The van der Waals surface area contributed by atoms with E-state index >= 15 is 0 Å². The average Bonchev–Trinajstić information content (AvgIpc) is 3.63. The first-order valence-corrected chi connectivity index (χ1v) is 13.3. The van der Waals surface area contributed by atoms with E-state index in [4.69, 9.17) is 23.6 Å². The molecule has 196 valence electrons. The summed E-state index contributed by atoms with van der Waals surface area (Å²) >= 11 is 3.53. The van der Waals surface area contributed by atoms with Crippen LogP contribution in [0.15, 0.2) is 110 Å². The summed E-state index contributed by atoms with van der Waals surface area (Å²) in [7, 11) is 0. The molecule has 1 aliphatic rings. The zero-order valence-corrected chi connectivity index (χ0v) is 22.5. The van der Waals surface area contributed by atoms with E-state index in [9.17, 15) is 4.79 Å². The van der Waals surface area contributed by atoms with Gasteiger partial charge in [-0.05, 0) is 60.2 Å². The van der Waals surface area contributed by atoms with Crippen molar-refractivity contribution in [2.75, 3.05) is 6.79 Å². The SMILES string of the molecule is O=c1c2ccccc2nc(-c2cc3ccccc3o2)n1N=Cc1cc(Br)ccc1OCc1ccc2c(c1)OCO2. The Balaban J connectivity index is 1.28. The van der Waals surface area contributed by atoms with Gasteiger partial charge in [0.15, 0.2) is 17.3 Å². The van der Waals surface area contributed by atoms with Gasteiger partial charge in [-0.3, -0.25) is 4.79 Å². The lowest BCUT2D eigenvalue weighted by Gasteiger charge is -2.11. The molecule has 0 N–H and O–H groups in total. The number of rotatable bonds is 6. The summed E-state index contributed by atoms with van der Waals surface area (Å²) in [5.74, 6) is 2.75. The minimum Gasteiger partial charge on any atom is -0.488 e. The molecule has 40 heavy (non-hydrogen) atoms. The van der Waals surface area contributed by atoms with Crippen molar-refractivity contribution in [2.24, 2.45) is 5.10 Å². The number of aromatic nitrogens is 2. The number of benzene rings is 4. The second kappa shape index (κ2) is 10.0. The van der Waals surface area contributed by atoms with Gasteiger partial charge in [-0.25, -0.2) is 4.98 Å². The van der Waals surface area contributed by atoms with Crippen molar-refractivity contribution in [3.8, 4) is 28.8 Å². The van der Waals surface area contributed by atoms with Gasteiger partial charge in [0.1, 0.15) is 17.9 Å². The molecule has 0 radical (unpaired) electrons. The van der Waals surface area contributed by atoms with Crippen molar-refractivity contribution >= 4 is 44.0 Å². The normalized spacial score (nSPS) is 12.5. The number of para-hydroxylation sites is 2. The third-order valence-corrected chi connectivity index (χ3v) is 7.01. The molecule has 0 amide bonds. The zero-order chi connectivity index (χ0) is 27.1. The van der Waals surface area contributed by atoms with Crippen molar-refractivity contribution in [1.82, 2.24) is 9.66 Å². The van der Waals surface area contributed by atoms with E-state index in [1.807, 2.05) is 72.8 Å². The highest BCUT2D eigenvalue weighted by atomic mass is 79.9. The van der Waals surface area contributed by atoms with E-state index in [1.165, 1.54) is 4.68 Å². The highest BCUT2D eigenvalue weighted by Gasteiger charge is 2.17. The Hall–Kier alpha value is -4.89. The van der Waals surface area contributed by atoms with Crippen molar-refractivity contribution in [2.45, 2.75) is 6.61 Å². The van der Waals surface area contributed by atoms with Crippen LogP contribution < -0.4 is 19.8 Å². The summed E-state index contributed by atoms with van der Waals surface area (Å²) in [5.41, 5.74) is 2.55. The molecular weight excluding hydrogens is 574 g/mol. The maximum Gasteiger partial charge on any atom is 0.282 e. The minimum absolute atomic E-state index is 0.214. The molecule has 1 aliphatic heterocycles. The first-order valence-electron chi connectivity index (χ1n) is 12.5. The fraction of sp³-hybridized carbons (Fsp3) is 0.0645. The topological polar surface area (TPSA) is 88.1 Å². The van der Waals surface area contributed by atoms with Crippen LogP contribution in [0.1, 0.15) is 11.1 Å². The van der Waals surface area contributed by atoms with Gasteiger partial charge < -0.3 is 18.6 Å². The number of halogens is 1. The van der Waals surface area contributed by atoms with Gasteiger partial charge in [0.25, 0.3) is 5.56 Å². The summed E-state index contributed by atoms with van der Waals surface area (Å²) in [6, 6.07) is 28.0. The Labute approximate surface area is 236 Å². The molecule has 0 bridgehead atoms. The molecule has 4 aromatic carbocycles. The van der Waals surface area contributed by atoms with Crippen LogP contribution in [0, 0.1) is 0 Å². The zero-order valence-electron chi connectivity index (χ0n) is 20.9. The van der Waals surface area contributed by atoms with Gasteiger partial charge in [0, 0.05) is 15.4 Å². The quantitative estimate of drug-likeness (QED) is 0.198. The van der Waals surface area contributed by atoms with Gasteiger partial charge >= 0.3 is 0 Å². The predicted molar refractivity (Wildman–Crippen MR) is 155 cm³/mol. The molecule has 0 atom stereocenters. The molecule has 0 aliphatic carbocycles. The lowest BCUT2D eigenvalue weighted by Crippen LogP contribution is -2.20. The smallest absolute Gasteiger partial charge is 0.282 e. The number of hydrogen-bond donors (Lipinski definition) is 0. The summed E-state index contributed by atoms with van der Waals surface area (Å²) in [4.78, 5) is 18.4. The van der Waals surface area contributed by atoms with Crippen molar-refractivity contribution in [3.05, 3.63) is 117 Å². The van der Waals surface area contributed by atoms with E-state index in [2.05, 4.69) is 21.0 Å². The van der Waals surface area contributed by atoms with Crippen molar-refractivity contribution in [1.29, 1.82) is 0 Å². The highest BCUT2D eigenvalue weighted by molar-refractivity contribution is 9.10. The van der Waals surface area contributed by atoms with Crippen LogP contribution in [0.5, 0.6) is 17.2 Å². The van der Waals surface area contributed by atoms with Gasteiger partial charge in [-0.1, -0.05) is 52.3 Å². The van der Waals surface area contributed by atoms with Crippen LogP contribution in [0.4, 0.5) is 0 Å². The van der Waals surface area contributed by atoms with E-state index in [0.717, 1.165) is 21.2 Å². The third kappa shape index (κ3) is 4.50. The first kappa shape index (κ1) is 24.2. The number of hydrogen-bond acceptors (Lipinski definition) is 7. The summed E-state index contributed by atoms with van der Waals surface area (Å²) < 4.78 is 25.2. The summed E-state index contributed by atoms with van der Waals surface area (Å²) in [6.45, 7) is 0.521. The van der Waals surface area contributed by atoms with E-state index in [1.54, 1.807) is 24.4 Å². The van der Waals surface area contributed by atoms with E-state index in [-0.39, 0.29) is 12.4 Å². The number of ether oxygens (including phenoxy) is 3. The molecule has 0 spiro atoms. The number of nitrogens with zero attached hydrogens (tertiary/aromatic N) is 3. The molecule has 0 fully saturated rings. The van der Waals surface area contributed by atoms with Gasteiger partial charge in [-0.2, -0.15) is 9.78 Å². The lowest BCUT2D eigenvalue weighted by atomic mass is 10.2. The molecule has 7 rings (SSSR count). The summed E-state index contributed by atoms with van der Waals surface area (Å²) in [6.07, 6.45) is 1.59. The molecule has 2 aromatic heterocycles. The maximum absolute atomic E-state index is 13.6.